The lowest BCUT2D eigenvalue weighted by molar-refractivity contribution is -0.133. The number of halogens is 2. The van der Waals surface area contributed by atoms with Crippen LogP contribution in [0.2, 0.25) is 5.02 Å². The van der Waals surface area contributed by atoms with Crippen LogP contribution in [0.25, 0.3) is 0 Å². The van der Waals surface area contributed by atoms with Crippen molar-refractivity contribution in [1.82, 2.24) is 10.2 Å². The van der Waals surface area contributed by atoms with Gasteiger partial charge in [-0.3, -0.25) is 14.5 Å². The molecule has 1 saturated carbocycles. The maximum atomic E-state index is 14.3. The average molecular weight is 474 g/mol. The second-order valence-electron chi connectivity index (χ2n) is 9.35. The molecule has 4 rings (SSSR count). The zero-order valence-electron chi connectivity index (χ0n) is 19.0. The fourth-order valence-corrected chi connectivity index (χ4v) is 5.01. The molecule has 2 aromatic carbocycles. The summed E-state index contributed by atoms with van der Waals surface area (Å²) in [6.45, 7) is 5.15. The number of rotatable bonds is 6. The van der Waals surface area contributed by atoms with E-state index in [1.165, 1.54) is 13.1 Å². The van der Waals surface area contributed by atoms with Crippen molar-refractivity contribution >= 4 is 29.1 Å². The molecule has 1 heterocycles. The van der Waals surface area contributed by atoms with E-state index in [4.69, 9.17) is 11.6 Å². The van der Waals surface area contributed by atoms with Gasteiger partial charge in [0.1, 0.15) is 5.82 Å². The fraction of sp³-hybridized carbons (Fsp3) is 0.440. The number of aliphatic hydroxyl groups is 1. The van der Waals surface area contributed by atoms with Crippen molar-refractivity contribution < 1.29 is 19.1 Å². The highest BCUT2D eigenvalue weighted by molar-refractivity contribution is 6.31. The lowest BCUT2D eigenvalue weighted by Crippen LogP contribution is -2.69. The first kappa shape index (κ1) is 23.7. The summed E-state index contributed by atoms with van der Waals surface area (Å²) in [6, 6.07) is 10.5. The van der Waals surface area contributed by atoms with Crippen LogP contribution < -0.4 is 10.6 Å². The van der Waals surface area contributed by atoms with Gasteiger partial charge in [0.15, 0.2) is 0 Å². The Bertz CT molecular complexity index is 1080. The minimum Gasteiger partial charge on any atom is -0.393 e. The van der Waals surface area contributed by atoms with Crippen LogP contribution in [0.1, 0.15) is 54.1 Å². The van der Waals surface area contributed by atoms with Crippen molar-refractivity contribution in [2.75, 3.05) is 25.5 Å². The summed E-state index contributed by atoms with van der Waals surface area (Å²) in [5, 5.41) is 14.9. The molecule has 0 atom stereocenters. The molecule has 8 heteroatoms. The summed E-state index contributed by atoms with van der Waals surface area (Å²) < 4.78 is 14.3. The standard InChI is InChI=1S/C25H29ClFN3O3/c1-14(2)17-6-4-5-7-19(17)25(12-30(13-25)15-8-16(31)9-15)24(33)29-22-11-21(27)20(26)10-18(22)23(32)28-3/h4-7,10-11,14-16,31H,8-9,12-13H2,1-3H3,(H,28,32)(H,29,33). The van der Waals surface area contributed by atoms with E-state index >= 15 is 0 Å². The summed E-state index contributed by atoms with van der Waals surface area (Å²) in [6.07, 6.45) is 1.12. The van der Waals surface area contributed by atoms with Crippen LogP contribution in [0.4, 0.5) is 10.1 Å². The molecule has 2 fully saturated rings. The first-order valence-electron chi connectivity index (χ1n) is 11.2. The summed E-state index contributed by atoms with van der Waals surface area (Å²) in [5.74, 6) is -1.27. The third kappa shape index (κ3) is 4.25. The largest absolute Gasteiger partial charge is 0.393 e. The normalized spacial score (nSPS) is 21.8. The monoisotopic (exact) mass is 473 g/mol. The Kier molecular flexibility index (Phi) is 6.49. The van der Waals surface area contributed by atoms with E-state index in [0.717, 1.165) is 17.2 Å². The molecule has 33 heavy (non-hydrogen) atoms. The molecule has 2 amide bonds. The number of hydrogen-bond donors (Lipinski definition) is 3. The Morgan fingerprint density at radius 2 is 1.88 bits per heavy atom. The fourth-order valence-electron chi connectivity index (χ4n) is 4.85. The summed E-state index contributed by atoms with van der Waals surface area (Å²) in [4.78, 5) is 28.4. The molecular weight excluding hydrogens is 445 g/mol. The third-order valence-electron chi connectivity index (χ3n) is 6.86. The summed E-state index contributed by atoms with van der Waals surface area (Å²) in [5.41, 5.74) is 1.35. The number of nitrogens with one attached hydrogen (secondary N) is 2. The van der Waals surface area contributed by atoms with Crippen molar-refractivity contribution in [3.8, 4) is 0 Å². The highest BCUT2D eigenvalue weighted by atomic mass is 35.5. The highest BCUT2D eigenvalue weighted by Gasteiger charge is 2.54. The number of nitrogens with zero attached hydrogens (tertiary/aromatic N) is 1. The van der Waals surface area contributed by atoms with Gasteiger partial charge in [0.2, 0.25) is 5.91 Å². The lowest BCUT2D eigenvalue weighted by atomic mass is 9.67. The third-order valence-corrected chi connectivity index (χ3v) is 7.15. The molecule has 0 aromatic heterocycles. The van der Waals surface area contributed by atoms with E-state index in [0.29, 0.717) is 25.9 Å². The quantitative estimate of drug-likeness (QED) is 0.598. The Morgan fingerprint density at radius 3 is 2.48 bits per heavy atom. The van der Waals surface area contributed by atoms with E-state index in [1.54, 1.807) is 0 Å². The second-order valence-corrected chi connectivity index (χ2v) is 9.76. The van der Waals surface area contributed by atoms with Crippen molar-refractivity contribution in [3.05, 3.63) is 63.9 Å². The molecule has 0 spiro atoms. The second kappa shape index (κ2) is 9.05. The predicted octanol–water partition coefficient (Wildman–Crippen LogP) is 3.68. The lowest BCUT2D eigenvalue weighted by Gasteiger charge is -2.55. The Hall–Kier alpha value is -2.48. The molecule has 3 N–H and O–H groups in total. The summed E-state index contributed by atoms with van der Waals surface area (Å²) in [7, 11) is 1.46. The molecular formula is C25H29ClFN3O3. The van der Waals surface area contributed by atoms with E-state index in [-0.39, 0.29) is 40.2 Å². The number of benzene rings is 2. The molecule has 176 valence electrons. The number of hydrogen-bond acceptors (Lipinski definition) is 4. The van der Waals surface area contributed by atoms with Crippen LogP contribution in [-0.2, 0) is 10.2 Å². The number of carbonyl (C=O) groups is 2. The first-order chi connectivity index (χ1) is 15.7. The molecule has 0 radical (unpaired) electrons. The maximum Gasteiger partial charge on any atom is 0.253 e. The van der Waals surface area contributed by atoms with Gasteiger partial charge in [-0.05, 0) is 42.0 Å². The van der Waals surface area contributed by atoms with Crippen LogP contribution in [-0.4, -0.2) is 54.1 Å². The van der Waals surface area contributed by atoms with E-state index in [9.17, 15) is 19.1 Å². The van der Waals surface area contributed by atoms with Gasteiger partial charge in [-0.25, -0.2) is 4.39 Å². The van der Waals surface area contributed by atoms with Crippen LogP contribution in [0.5, 0.6) is 0 Å². The van der Waals surface area contributed by atoms with Crippen LogP contribution in [0, 0.1) is 5.82 Å². The van der Waals surface area contributed by atoms with Gasteiger partial charge in [-0.1, -0.05) is 49.7 Å². The molecule has 1 aliphatic carbocycles. The van der Waals surface area contributed by atoms with Crippen LogP contribution in [0.15, 0.2) is 36.4 Å². The van der Waals surface area contributed by atoms with E-state index in [2.05, 4.69) is 29.4 Å². The predicted molar refractivity (Wildman–Crippen MR) is 126 cm³/mol. The van der Waals surface area contributed by atoms with Crippen molar-refractivity contribution in [2.45, 2.75) is 50.2 Å². The zero-order chi connectivity index (χ0) is 23.9. The van der Waals surface area contributed by atoms with Gasteiger partial charge in [0, 0.05) is 26.2 Å². The molecule has 0 unspecified atom stereocenters. The van der Waals surface area contributed by atoms with Gasteiger partial charge < -0.3 is 15.7 Å². The van der Waals surface area contributed by atoms with Gasteiger partial charge >= 0.3 is 0 Å². The smallest absolute Gasteiger partial charge is 0.253 e. The Balaban J connectivity index is 1.70. The molecule has 0 bridgehead atoms. The number of anilines is 1. The SMILES string of the molecule is CNC(=O)c1cc(Cl)c(F)cc1NC(=O)C1(c2ccccc2C(C)C)CN(C2CC(O)C2)C1. The van der Waals surface area contributed by atoms with E-state index in [1.807, 2.05) is 24.3 Å². The molecule has 1 aliphatic heterocycles. The average Bonchev–Trinajstić information content (AvgIpc) is 2.73. The van der Waals surface area contributed by atoms with Gasteiger partial charge in [-0.15, -0.1) is 0 Å². The number of aliphatic hydroxyl groups excluding tert-OH is 1. The van der Waals surface area contributed by atoms with Crippen molar-refractivity contribution in [2.24, 2.45) is 0 Å². The van der Waals surface area contributed by atoms with Gasteiger partial charge in [-0.2, -0.15) is 0 Å². The Labute approximate surface area is 198 Å². The topological polar surface area (TPSA) is 81.7 Å². The Morgan fingerprint density at radius 1 is 1.21 bits per heavy atom. The molecule has 2 aliphatic rings. The number of amides is 2. The maximum absolute atomic E-state index is 14.3. The number of likely N-dealkylation sites (tertiary alicyclic amines) is 1. The summed E-state index contributed by atoms with van der Waals surface area (Å²) >= 11 is 5.90. The van der Waals surface area contributed by atoms with Crippen LogP contribution >= 0.6 is 11.6 Å². The zero-order valence-corrected chi connectivity index (χ0v) is 19.7. The van der Waals surface area contributed by atoms with Crippen LogP contribution in [0.3, 0.4) is 0 Å². The van der Waals surface area contributed by atoms with Crippen molar-refractivity contribution in [1.29, 1.82) is 0 Å². The van der Waals surface area contributed by atoms with E-state index < -0.39 is 17.1 Å². The molecule has 1 saturated heterocycles. The number of carbonyl (C=O) groups excluding carboxylic acids is 2. The minimum atomic E-state index is -0.850. The van der Waals surface area contributed by atoms with Gasteiger partial charge in [0.25, 0.3) is 5.91 Å². The van der Waals surface area contributed by atoms with Gasteiger partial charge in [0.05, 0.1) is 27.8 Å². The minimum absolute atomic E-state index is 0.0835. The van der Waals surface area contributed by atoms with Crippen molar-refractivity contribution in [3.63, 3.8) is 0 Å². The molecule has 2 aromatic rings. The highest BCUT2D eigenvalue weighted by Crippen LogP contribution is 2.43. The molecule has 6 nitrogen and oxygen atoms in total. The first-order valence-corrected chi connectivity index (χ1v) is 11.6.